The van der Waals surface area contributed by atoms with Crippen LogP contribution in [0.5, 0.6) is 0 Å². The van der Waals surface area contributed by atoms with Gasteiger partial charge in [0.15, 0.2) is 0 Å². The van der Waals surface area contributed by atoms with Crippen LogP contribution in [0.3, 0.4) is 0 Å². The van der Waals surface area contributed by atoms with Crippen molar-refractivity contribution < 1.29 is 14.4 Å². The molecule has 4 aromatic carbocycles. The summed E-state index contributed by atoms with van der Waals surface area (Å²) in [6.07, 6.45) is 3.15. The van der Waals surface area contributed by atoms with Crippen molar-refractivity contribution in [1.29, 1.82) is 0 Å². The van der Waals surface area contributed by atoms with Crippen molar-refractivity contribution in [2.45, 2.75) is 31.5 Å². The normalized spacial score (nSPS) is 19.5. The number of carbonyl (C=O) groups excluding carboxylic acids is 3. The standard InChI is InChI=1S/C34H29ClN4O3/c35-28-13-5-2-10-24(28)22-38-30-15-7-4-12-27(30)34(33(38)42)36-29-14-6-3-11-26(29)32(41)39(34)25-18-16-23(17-19-25)31(40)37-20-8-1-9-21-37/h2-7,10-19,36H,1,8-9,20-22H2/t34-/m1/s1. The Bertz CT molecular complexity index is 1720. The molecule has 3 heterocycles. The second-order valence-electron chi connectivity index (χ2n) is 10.9. The molecule has 7 nitrogen and oxygen atoms in total. The van der Waals surface area contributed by atoms with Gasteiger partial charge in [-0.15, -0.1) is 0 Å². The number of fused-ring (bicyclic) bond motifs is 3. The quantitative estimate of drug-likeness (QED) is 0.303. The van der Waals surface area contributed by atoms with Gasteiger partial charge in [-0.25, -0.2) is 0 Å². The Morgan fingerprint density at radius 2 is 1.50 bits per heavy atom. The largest absolute Gasteiger partial charge is 0.350 e. The number of anilines is 3. The van der Waals surface area contributed by atoms with Gasteiger partial charge in [0.25, 0.3) is 17.7 Å². The topological polar surface area (TPSA) is 73.0 Å². The average molecular weight is 577 g/mol. The van der Waals surface area contributed by atoms with Crippen molar-refractivity contribution >= 4 is 46.4 Å². The van der Waals surface area contributed by atoms with E-state index >= 15 is 0 Å². The lowest BCUT2D eigenvalue weighted by atomic mass is 9.92. The van der Waals surface area contributed by atoms with Crippen LogP contribution in [-0.2, 0) is 17.0 Å². The zero-order valence-electron chi connectivity index (χ0n) is 22.9. The molecule has 1 atom stereocenters. The fourth-order valence-corrected chi connectivity index (χ4v) is 6.57. The molecule has 0 unspecified atom stereocenters. The minimum Gasteiger partial charge on any atom is -0.350 e. The number of para-hydroxylation sites is 2. The third-order valence-electron chi connectivity index (χ3n) is 8.45. The number of benzene rings is 4. The van der Waals surface area contributed by atoms with Gasteiger partial charge in [0.1, 0.15) is 0 Å². The molecule has 8 heteroatoms. The van der Waals surface area contributed by atoms with E-state index in [-0.39, 0.29) is 24.3 Å². The van der Waals surface area contributed by atoms with E-state index in [0.29, 0.717) is 38.8 Å². The Balaban J connectivity index is 1.35. The molecule has 1 saturated heterocycles. The molecule has 210 valence electrons. The zero-order chi connectivity index (χ0) is 28.8. The van der Waals surface area contributed by atoms with Crippen molar-refractivity contribution in [2.24, 2.45) is 0 Å². The van der Waals surface area contributed by atoms with Crippen molar-refractivity contribution in [3.63, 3.8) is 0 Å². The maximum Gasteiger partial charge on any atom is 0.279 e. The highest BCUT2D eigenvalue weighted by atomic mass is 35.5. The highest BCUT2D eigenvalue weighted by Crippen LogP contribution is 2.50. The van der Waals surface area contributed by atoms with Crippen LogP contribution in [0.1, 0.15) is 51.1 Å². The zero-order valence-corrected chi connectivity index (χ0v) is 23.7. The third-order valence-corrected chi connectivity index (χ3v) is 8.82. The predicted molar refractivity (Wildman–Crippen MR) is 164 cm³/mol. The molecular weight excluding hydrogens is 548 g/mol. The molecule has 7 rings (SSSR count). The van der Waals surface area contributed by atoms with Crippen molar-refractivity contribution in [3.05, 3.63) is 124 Å². The molecule has 0 saturated carbocycles. The van der Waals surface area contributed by atoms with Crippen LogP contribution < -0.4 is 15.1 Å². The first kappa shape index (κ1) is 26.3. The summed E-state index contributed by atoms with van der Waals surface area (Å²) in [6, 6.07) is 29.2. The Morgan fingerprint density at radius 3 is 2.29 bits per heavy atom. The molecule has 1 fully saturated rings. The van der Waals surface area contributed by atoms with E-state index in [1.54, 1.807) is 41.3 Å². The number of hydrogen-bond donors (Lipinski definition) is 1. The van der Waals surface area contributed by atoms with Gasteiger partial charge in [0.05, 0.1) is 17.8 Å². The van der Waals surface area contributed by atoms with Gasteiger partial charge in [0, 0.05) is 40.6 Å². The number of hydrogen-bond acceptors (Lipinski definition) is 4. The summed E-state index contributed by atoms with van der Waals surface area (Å²) < 4.78 is 0. The smallest absolute Gasteiger partial charge is 0.279 e. The number of rotatable bonds is 4. The Kier molecular flexibility index (Phi) is 6.47. The fourth-order valence-electron chi connectivity index (χ4n) is 6.37. The van der Waals surface area contributed by atoms with E-state index < -0.39 is 5.66 Å². The minimum absolute atomic E-state index is 0.0161. The molecule has 1 N–H and O–H groups in total. The molecule has 1 spiro atoms. The van der Waals surface area contributed by atoms with Gasteiger partial charge in [-0.3, -0.25) is 19.3 Å². The van der Waals surface area contributed by atoms with E-state index in [4.69, 9.17) is 11.6 Å². The number of piperidine rings is 1. The van der Waals surface area contributed by atoms with Crippen LogP contribution in [0.25, 0.3) is 0 Å². The lowest BCUT2D eigenvalue weighted by Crippen LogP contribution is -2.63. The highest BCUT2D eigenvalue weighted by molar-refractivity contribution is 6.31. The summed E-state index contributed by atoms with van der Waals surface area (Å²) in [6.45, 7) is 1.75. The van der Waals surface area contributed by atoms with E-state index in [0.717, 1.165) is 37.9 Å². The van der Waals surface area contributed by atoms with Crippen LogP contribution in [0.4, 0.5) is 17.1 Å². The van der Waals surface area contributed by atoms with Crippen LogP contribution in [0.15, 0.2) is 97.1 Å². The van der Waals surface area contributed by atoms with Crippen LogP contribution in [0, 0.1) is 0 Å². The number of likely N-dealkylation sites (tertiary alicyclic amines) is 1. The molecule has 4 aromatic rings. The summed E-state index contributed by atoms with van der Waals surface area (Å²) in [5.41, 5.74) is 2.74. The first-order chi connectivity index (χ1) is 20.5. The van der Waals surface area contributed by atoms with Gasteiger partial charge in [0.2, 0.25) is 5.66 Å². The summed E-state index contributed by atoms with van der Waals surface area (Å²) in [7, 11) is 0. The van der Waals surface area contributed by atoms with E-state index in [1.807, 2.05) is 65.6 Å². The molecule has 42 heavy (non-hydrogen) atoms. The number of amides is 3. The van der Waals surface area contributed by atoms with Gasteiger partial charge in [-0.2, -0.15) is 0 Å². The Labute approximate surface area is 249 Å². The summed E-state index contributed by atoms with van der Waals surface area (Å²) >= 11 is 6.52. The number of halogens is 1. The Morgan fingerprint density at radius 1 is 0.810 bits per heavy atom. The van der Waals surface area contributed by atoms with Crippen molar-refractivity contribution in [3.8, 4) is 0 Å². The Hall–Kier alpha value is -4.62. The molecule has 3 aliphatic heterocycles. The summed E-state index contributed by atoms with van der Waals surface area (Å²) in [5, 5.41) is 4.05. The van der Waals surface area contributed by atoms with Crippen LogP contribution in [0.2, 0.25) is 5.02 Å². The van der Waals surface area contributed by atoms with E-state index in [2.05, 4.69) is 5.32 Å². The third kappa shape index (κ3) is 4.07. The lowest BCUT2D eigenvalue weighted by Gasteiger charge is -2.45. The van der Waals surface area contributed by atoms with Crippen molar-refractivity contribution in [2.75, 3.05) is 28.2 Å². The summed E-state index contributed by atoms with van der Waals surface area (Å²) in [4.78, 5) is 47.4. The van der Waals surface area contributed by atoms with Gasteiger partial charge < -0.3 is 15.1 Å². The first-order valence-electron chi connectivity index (χ1n) is 14.2. The average Bonchev–Trinajstić information content (AvgIpc) is 3.25. The maximum atomic E-state index is 14.7. The monoisotopic (exact) mass is 576 g/mol. The number of carbonyl (C=O) groups is 3. The highest BCUT2D eigenvalue weighted by Gasteiger charge is 2.59. The van der Waals surface area contributed by atoms with Gasteiger partial charge in [-0.05, 0) is 73.4 Å². The lowest BCUT2D eigenvalue weighted by molar-refractivity contribution is -0.122. The molecule has 3 amide bonds. The van der Waals surface area contributed by atoms with Crippen molar-refractivity contribution in [1.82, 2.24) is 4.90 Å². The van der Waals surface area contributed by atoms with Gasteiger partial charge >= 0.3 is 0 Å². The minimum atomic E-state index is -1.54. The predicted octanol–water partition coefficient (Wildman–Crippen LogP) is 6.44. The molecule has 0 bridgehead atoms. The van der Waals surface area contributed by atoms with Crippen LogP contribution >= 0.6 is 11.6 Å². The van der Waals surface area contributed by atoms with Gasteiger partial charge in [-0.1, -0.05) is 60.1 Å². The molecule has 0 radical (unpaired) electrons. The molecule has 0 aromatic heterocycles. The maximum absolute atomic E-state index is 14.7. The molecule has 3 aliphatic rings. The number of nitrogens with one attached hydrogen (secondary N) is 1. The number of nitrogens with zero attached hydrogens (tertiary/aromatic N) is 3. The van der Waals surface area contributed by atoms with E-state index in [9.17, 15) is 14.4 Å². The molecule has 0 aliphatic carbocycles. The first-order valence-corrected chi connectivity index (χ1v) is 14.6. The summed E-state index contributed by atoms with van der Waals surface area (Å²) in [5.74, 6) is -0.611. The second-order valence-corrected chi connectivity index (χ2v) is 11.3. The molecular formula is C34H29ClN4O3. The SMILES string of the molecule is O=C(c1ccc(N2C(=O)c3ccccc3N[C@@]23C(=O)N(Cc2ccccc2Cl)c2ccccc23)cc1)N1CCCCC1. The van der Waals surface area contributed by atoms with Crippen LogP contribution in [-0.4, -0.2) is 35.7 Å². The second kappa shape index (κ2) is 10.3. The van der Waals surface area contributed by atoms with E-state index in [1.165, 1.54) is 4.90 Å². The fraction of sp³-hybridized carbons (Fsp3) is 0.206.